The summed E-state index contributed by atoms with van der Waals surface area (Å²) in [6.07, 6.45) is 1.09. The zero-order chi connectivity index (χ0) is 26.0. The molecule has 1 aromatic heterocycles. The summed E-state index contributed by atoms with van der Waals surface area (Å²) in [5, 5.41) is 13.0. The number of imide groups is 1. The van der Waals surface area contributed by atoms with Crippen LogP contribution in [0.1, 0.15) is 36.2 Å². The second-order valence-electron chi connectivity index (χ2n) is 8.83. The SMILES string of the molecule is CCN1CCN(C(=O)NC(C(=O)C[C@H]2Cc3cccc(C)c3OB2O)c2ccc(F)cn2)C(=O)C1=O. The van der Waals surface area contributed by atoms with Crippen molar-refractivity contribution in [3.8, 4) is 5.75 Å². The third kappa shape index (κ3) is 5.08. The van der Waals surface area contributed by atoms with Gasteiger partial charge in [-0.3, -0.25) is 24.3 Å². The molecule has 12 heteroatoms. The van der Waals surface area contributed by atoms with E-state index in [4.69, 9.17) is 4.65 Å². The second-order valence-corrected chi connectivity index (χ2v) is 8.83. The van der Waals surface area contributed by atoms with Crippen molar-refractivity contribution in [2.24, 2.45) is 0 Å². The molecular weight excluding hydrogens is 470 g/mol. The third-order valence-corrected chi connectivity index (χ3v) is 6.45. The van der Waals surface area contributed by atoms with Crippen LogP contribution in [0.3, 0.4) is 0 Å². The van der Waals surface area contributed by atoms with Gasteiger partial charge in [-0.05, 0) is 43.5 Å². The molecule has 188 valence electrons. The lowest BCUT2D eigenvalue weighted by molar-refractivity contribution is -0.153. The van der Waals surface area contributed by atoms with Gasteiger partial charge in [0.2, 0.25) is 0 Å². The summed E-state index contributed by atoms with van der Waals surface area (Å²) in [5.41, 5.74) is 1.76. The molecule has 2 aliphatic heterocycles. The number of hydrogen-bond donors (Lipinski definition) is 2. The normalized spacial score (nSPS) is 18.4. The number of likely N-dealkylation sites (N-methyl/N-ethyl adjacent to an activating group) is 1. The van der Waals surface area contributed by atoms with Gasteiger partial charge in [-0.15, -0.1) is 0 Å². The first kappa shape index (κ1) is 25.3. The molecule has 0 saturated carbocycles. The molecular formula is C24H26BFN4O6. The lowest BCUT2D eigenvalue weighted by atomic mass is 9.64. The molecule has 2 aliphatic rings. The summed E-state index contributed by atoms with van der Waals surface area (Å²) < 4.78 is 19.1. The Balaban J connectivity index is 1.53. The second kappa shape index (κ2) is 10.4. The van der Waals surface area contributed by atoms with Crippen LogP contribution in [0, 0.1) is 12.7 Å². The first-order valence-electron chi connectivity index (χ1n) is 11.7. The Morgan fingerprint density at radius 2 is 2.03 bits per heavy atom. The Kier molecular flexibility index (Phi) is 7.34. The average Bonchev–Trinajstić information content (AvgIpc) is 2.85. The fourth-order valence-electron chi connectivity index (χ4n) is 4.44. The number of Topliss-reactive ketones (excluding diaryl/α,β-unsaturated/α-hetero) is 1. The number of carbonyl (C=O) groups excluding carboxylic acids is 4. The first-order chi connectivity index (χ1) is 17.2. The lowest BCUT2D eigenvalue weighted by Crippen LogP contribution is -2.58. The number of carbonyl (C=O) groups is 4. The molecule has 4 amide bonds. The highest BCUT2D eigenvalue weighted by molar-refractivity contribution is 6.46. The van der Waals surface area contributed by atoms with Gasteiger partial charge in [0.15, 0.2) is 5.78 Å². The van der Waals surface area contributed by atoms with Gasteiger partial charge < -0.3 is 19.9 Å². The number of urea groups is 1. The Morgan fingerprint density at radius 3 is 2.72 bits per heavy atom. The van der Waals surface area contributed by atoms with E-state index in [0.29, 0.717) is 18.7 Å². The predicted octanol–water partition coefficient (Wildman–Crippen LogP) is 1.42. The van der Waals surface area contributed by atoms with Crippen molar-refractivity contribution in [1.29, 1.82) is 0 Å². The number of rotatable bonds is 6. The third-order valence-electron chi connectivity index (χ3n) is 6.45. The zero-order valence-electron chi connectivity index (χ0n) is 19.9. The molecule has 1 unspecified atom stereocenters. The summed E-state index contributed by atoms with van der Waals surface area (Å²) in [6, 6.07) is 5.65. The Bertz CT molecular complexity index is 1190. The van der Waals surface area contributed by atoms with E-state index in [1.165, 1.54) is 11.0 Å². The van der Waals surface area contributed by atoms with Crippen molar-refractivity contribution >= 4 is 30.7 Å². The van der Waals surface area contributed by atoms with Crippen LogP contribution in [0.5, 0.6) is 5.75 Å². The van der Waals surface area contributed by atoms with Crippen LogP contribution in [-0.4, -0.2) is 70.2 Å². The number of aryl methyl sites for hydroxylation is 1. The summed E-state index contributed by atoms with van der Waals surface area (Å²) in [6.45, 7) is 4.04. The summed E-state index contributed by atoms with van der Waals surface area (Å²) >= 11 is 0. The Hall–Kier alpha value is -3.80. The van der Waals surface area contributed by atoms with E-state index in [9.17, 15) is 28.6 Å². The van der Waals surface area contributed by atoms with Crippen LogP contribution in [0.15, 0.2) is 36.5 Å². The molecule has 10 nitrogen and oxygen atoms in total. The lowest BCUT2D eigenvalue weighted by Gasteiger charge is -2.33. The molecule has 4 rings (SSSR count). The van der Waals surface area contributed by atoms with E-state index in [1.807, 2.05) is 25.1 Å². The first-order valence-corrected chi connectivity index (χ1v) is 11.7. The monoisotopic (exact) mass is 496 g/mol. The van der Waals surface area contributed by atoms with Crippen LogP contribution >= 0.6 is 0 Å². The molecule has 1 fully saturated rings. The Morgan fingerprint density at radius 1 is 1.25 bits per heavy atom. The number of piperazine rings is 1. The fraction of sp³-hybridized carbons (Fsp3) is 0.375. The van der Waals surface area contributed by atoms with Gasteiger partial charge in [-0.1, -0.05) is 18.2 Å². The van der Waals surface area contributed by atoms with Gasteiger partial charge in [0.1, 0.15) is 17.6 Å². The van der Waals surface area contributed by atoms with Crippen molar-refractivity contribution in [2.75, 3.05) is 19.6 Å². The minimum Gasteiger partial charge on any atom is -0.536 e. The number of nitrogens with zero attached hydrogens (tertiary/aromatic N) is 3. The molecule has 36 heavy (non-hydrogen) atoms. The van der Waals surface area contributed by atoms with Crippen molar-refractivity contribution in [3.63, 3.8) is 0 Å². The van der Waals surface area contributed by atoms with E-state index in [0.717, 1.165) is 28.3 Å². The van der Waals surface area contributed by atoms with Gasteiger partial charge in [0.25, 0.3) is 0 Å². The maximum atomic E-state index is 13.5. The van der Waals surface area contributed by atoms with Crippen LogP contribution in [0.25, 0.3) is 0 Å². The highest BCUT2D eigenvalue weighted by Gasteiger charge is 2.40. The molecule has 3 heterocycles. The van der Waals surface area contributed by atoms with Crippen molar-refractivity contribution in [3.05, 3.63) is 59.2 Å². The van der Waals surface area contributed by atoms with Crippen molar-refractivity contribution in [2.45, 2.75) is 38.5 Å². The molecule has 0 spiro atoms. The minimum atomic E-state index is -1.34. The van der Waals surface area contributed by atoms with E-state index < -0.39 is 48.4 Å². The van der Waals surface area contributed by atoms with E-state index >= 15 is 0 Å². The summed E-state index contributed by atoms with van der Waals surface area (Å²) in [4.78, 5) is 57.0. The highest BCUT2D eigenvalue weighted by atomic mass is 19.1. The number of amides is 4. The maximum Gasteiger partial charge on any atom is 0.526 e. The standard InChI is InChI=1S/C24H26BFN4O6/c1-3-29-9-10-30(23(33)22(29)32)24(34)28-20(18-8-7-17(26)13-27-18)19(31)12-16-11-15-6-4-5-14(2)21(15)36-25(16)35/h4-8,13,16,20,35H,3,9-12H2,1-2H3,(H,28,34)/t16-,20?/m1/s1. The number of nitrogens with one attached hydrogen (secondary N) is 1. The molecule has 1 aromatic carbocycles. The number of hydrogen-bond acceptors (Lipinski definition) is 7. The number of benzene rings is 1. The highest BCUT2D eigenvalue weighted by Crippen LogP contribution is 2.36. The summed E-state index contributed by atoms with van der Waals surface area (Å²) in [5.74, 6) is -2.98. The number of ketones is 1. The van der Waals surface area contributed by atoms with Crippen molar-refractivity contribution < 1.29 is 33.2 Å². The number of fused-ring (bicyclic) bond motifs is 1. The number of aromatic nitrogens is 1. The number of para-hydroxylation sites is 1. The topological polar surface area (TPSA) is 129 Å². The molecule has 2 atom stereocenters. The van der Waals surface area contributed by atoms with Crippen molar-refractivity contribution in [1.82, 2.24) is 20.1 Å². The smallest absolute Gasteiger partial charge is 0.526 e. The van der Waals surface area contributed by atoms with Crippen LogP contribution in [-0.2, 0) is 20.8 Å². The maximum absolute atomic E-state index is 13.5. The predicted molar refractivity (Wildman–Crippen MR) is 126 cm³/mol. The molecule has 0 aliphatic carbocycles. The van der Waals surface area contributed by atoms with Gasteiger partial charge in [0.05, 0.1) is 11.9 Å². The minimum absolute atomic E-state index is 0.0344. The number of pyridine rings is 1. The van der Waals surface area contributed by atoms with E-state index in [2.05, 4.69) is 10.3 Å². The largest absolute Gasteiger partial charge is 0.536 e. The van der Waals surface area contributed by atoms with Gasteiger partial charge in [0, 0.05) is 31.9 Å². The molecule has 2 aromatic rings. The molecule has 2 N–H and O–H groups in total. The van der Waals surface area contributed by atoms with Crippen LogP contribution in [0.2, 0.25) is 5.82 Å². The fourth-order valence-corrected chi connectivity index (χ4v) is 4.44. The van der Waals surface area contributed by atoms with E-state index in [1.54, 1.807) is 6.92 Å². The van der Waals surface area contributed by atoms with Gasteiger partial charge in [-0.25, -0.2) is 9.18 Å². The zero-order valence-corrected chi connectivity index (χ0v) is 19.9. The van der Waals surface area contributed by atoms with E-state index in [-0.39, 0.29) is 25.2 Å². The molecule has 0 radical (unpaired) electrons. The quantitative estimate of drug-likeness (QED) is 0.457. The Labute approximate surface area is 207 Å². The summed E-state index contributed by atoms with van der Waals surface area (Å²) in [7, 11) is -1.25. The molecule has 0 bridgehead atoms. The average molecular weight is 496 g/mol. The number of halogens is 1. The molecule has 1 saturated heterocycles. The van der Waals surface area contributed by atoms with Gasteiger partial charge >= 0.3 is 25.0 Å². The van der Waals surface area contributed by atoms with Gasteiger partial charge in [-0.2, -0.15) is 0 Å². The van der Waals surface area contributed by atoms with Crippen LogP contribution in [0.4, 0.5) is 9.18 Å². The van der Waals surface area contributed by atoms with Crippen LogP contribution < -0.4 is 9.97 Å².